The van der Waals surface area contributed by atoms with Gasteiger partial charge in [0, 0.05) is 18.2 Å². The first-order valence-electron chi connectivity index (χ1n) is 7.69. The lowest BCUT2D eigenvalue weighted by atomic mass is 9.93. The predicted octanol–water partition coefficient (Wildman–Crippen LogP) is 2.09. The summed E-state index contributed by atoms with van der Waals surface area (Å²) in [5.74, 6) is -0.534. The van der Waals surface area contributed by atoms with Gasteiger partial charge in [-0.3, -0.25) is 14.5 Å². The van der Waals surface area contributed by atoms with Crippen molar-refractivity contribution in [2.45, 2.75) is 52.0 Å². The van der Waals surface area contributed by atoms with Crippen LogP contribution in [0.25, 0.3) is 0 Å². The summed E-state index contributed by atoms with van der Waals surface area (Å²) in [6.45, 7) is 8.61. The third-order valence-electron chi connectivity index (χ3n) is 3.64. The van der Waals surface area contributed by atoms with Crippen molar-refractivity contribution in [3.63, 3.8) is 0 Å². The van der Waals surface area contributed by atoms with Crippen LogP contribution in [0.3, 0.4) is 0 Å². The summed E-state index contributed by atoms with van der Waals surface area (Å²) in [5, 5.41) is -0.0314. The van der Waals surface area contributed by atoms with E-state index in [4.69, 9.17) is 9.47 Å². The average molecular weight is 341 g/mol. The van der Waals surface area contributed by atoms with Crippen LogP contribution in [0.5, 0.6) is 0 Å². The number of hydrogen-bond donors (Lipinski definition) is 0. The van der Waals surface area contributed by atoms with Crippen LogP contribution < -0.4 is 0 Å². The van der Waals surface area contributed by atoms with Gasteiger partial charge in [0.15, 0.2) is 0 Å². The minimum absolute atomic E-state index is 0.00417. The van der Waals surface area contributed by atoms with Crippen LogP contribution in [-0.2, 0) is 23.9 Å². The van der Waals surface area contributed by atoms with E-state index in [1.54, 1.807) is 32.5 Å². The van der Waals surface area contributed by atoms with Gasteiger partial charge in [-0.1, -0.05) is 6.92 Å². The Morgan fingerprint density at radius 1 is 1.35 bits per heavy atom. The summed E-state index contributed by atoms with van der Waals surface area (Å²) in [7, 11) is 0. The second-order valence-corrected chi connectivity index (χ2v) is 7.76. The zero-order valence-electron chi connectivity index (χ0n) is 14.2. The van der Waals surface area contributed by atoms with E-state index < -0.39 is 17.5 Å². The fourth-order valence-corrected chi connectivity index (χ4v) is 4.11. The van der Waals surface area contributed by atoms with E-state index in [1.165, 1.54) is 11.8 Å². The van der Waals surface area contributed by atoms with E-state index in [0.717, 1.165) is 6.42 Å². The number of fused-ring (bicyclic) bond motifs is 1. The zero-order chi connectivity index (χ0) is 17.4. The summed E-state index contributed by atoms with van der Waals surface area (Å²) >= 11 is 1.60. The van der Waals surface area contributed by atoms with Gasteiger partial charge in [0.2, 0.25) is 5.91 Å². The first kappa shape index (κ1) is 17.8. The van der Waals surface area contributed by atoms with Crippen molar-refractivity contribution in [3.05, 3.63) is 11.3 Å². The lowest BCUT2D eigenvalue weighted by Gasteiger charge is -2.50. The normalized spacial score (nSPS) is 24.0. The highest BCUT2D eigenvalue weighted by molar-refractivity contribution is 8.00. The van der Waals surface area contributed by atoms with Crippen LogP contribution in [-0.4, -0.2) is 46.1 Å². The molecule has 2 aliphatic heterocycles. The van der Waals surface area contributed by atoms with Crippen molar-refractivity contribution < 1.29 is 23.9 Å². The molecule has 1 fully saturated rings. The topological polar surface area (TPSA) is 72.9 Å². The Morgan fingerprint density at radius 2 is 2.00 bits per heavy atom. The molecule has 0 unspecified atom stereocenters. The molecule has 0 aliphatic carbocycles. The maximum atomic E-state index is 12.6. The minimum Gasteiger partial charge on any atom is -0.461 e. The van der Waals surface area contributed by atoms with Crippen molar-refractivity contribution in [1.29, 1.82) is 0 Å². The highest BCUT2D eigenvalue weighted by Gasteiger charge is 2.53. The third kappa shape index (κ3) is 3.71. The van der Waals surface area contributed by atoms with Crippen LogP contribution >= 0.6 is 11.8 Å². The molecule has 2 aliphatic rings. The van der Waals surface area contributed by atoms with E-state index in [-0.39, 0.29) is 29.5 Å². The second-order valence-electron chi connectivity index (χ2n) is 6.66. The number of β-lactam (4-membered cyclic amide) rings is 1. The van der Waals surface area contributed by atoms with Crippen molar-refractivity contribution in [3.8, 4) is 0 Å². The molecule has 0 saturated carbocycles. The summed E-state index contributed by atoms with van der Waals surface area (Å²) in [6.07, 6.45) is 0.744. The molecule has 6 nitrogen and oxygen atoms in total. The SMILES string of the molecule is CC[C@H]1C(=O)N2C(C(=O)OC(C)(C)C)=C(COC(C)=O)CS[C@H]12. The smallest absolute Gasteiger partial charge is 0.355 e. The van der Waals surface area contributed by atoms with Crippen molar-refractivity contribution in [2.24, 2.45) is 5.92 Å². The quantitative estimate of drug-likeness (QED) is 0.576. The van der Waals surface area contributed by atoms with E-state index >= 15 is 0 Å². The number of hydrogen-bond acceptors (Lipinski definition) is 6. The minimum atomic E-state index is -0.658. The van der Waals surface area contributed by atoms with Gasteiger partial charge < -0.3 is 9.47 Å². The highest BCUT2D eigenvalue weighted by Crippen LogP contribution is 2.45. The van der Waals surface area contributed by atoms with E-state index in [9.17, 15) is 14.4 Å². The Morgan fingerprint density at radius 3 is 2.52 bits per heavy atom. The fourth-order valence-electron chi connectivity index (χ4n) is 2.62. The van der Waals surface area contributed by atoms with E-state index in [0.29, 0.717) is 11.3 Å². The van der Waals surface area contributed by atoms with Crippen molar-refractivity contribution in [1.82, 2.24) is 4.90 Å². The molecular weight excluding hydrogens is 318 g/mol. The van der Waals surface area contributed by atoms with Gasteiger partial charge in [-0.25, -0.2) is 4.79 Å². The molecule has 7 heteroatoms. The largest absolute Gasteiger partial charge is 0.461 e. The number of amides is 1. The number of carbonyl (C=O) groups excluding carboxylic acids is 3. The molecule has 23 heavy (non-hydrogen) atoms. The van der Waals surface area contributed by atoms with E-state index in [1.807, 2.05) is 6.92 Å². The molecule has 0 radical (unpaired) electrons. The van der Waals surface area contributed by atoms with Crippen LogP contribution in [0.2, 0.25) is 0 Å². The standard InChI is InChI=1S/C16H23NO5S/c1-6-11-13(19)17-12(15(20)22-16(3,4)5)10(7-21-9(2)18)8-23-14(11)17/h11,14H,6-8H2,1-5H3/t11-,14+/m0/s1. The lowest BCUT2D eigenvalue weighted by molar-refractivity contribution is -0.160. The van der Waals surface area contributed by atoms with Gasteiger partial charge >= 0.3 is 11.9 Å². The van der Waals surface area contributed by atoms with Gasteiger partial charge in [-0.2, -0.15) is 0 Å². The summed E-state index contributed by atoms with van der Waals surface area (Å²) in [4.78, 5) is 37.5. The fraction of sp³-hybridized carbons (Fsp3) is 0.688. The number of ether oxygens (including phenoxy) is 2. The Balaban J connectivity index is 2.31. The molecule has 2 rings (SSSR count). The van der Waals surface area contributed by atoms with Gasteiger partial charge in [0.1, 0.15) is 17.9 Å². The first-order chi connectivity index (χ1) is 10.7. The molecule has 128 valence electrons. The first-order valence-corrected chi connectivity index (χ1v) is 8.74. The number of rotatable bonds is 4. The maximum absolute atomic E-state index is 12.6. The number of thioether (sulfide) groups is 1. The Hall–Kier alpha value is -1.50. The predicted molar refractivity (Wildman–Crippen MR) is 86.4 cm³/mol. The third-order valence-corrected chi connectivity index (χ3v) is 5.04. The Kier molecular flexibility index (Phi) is 5.08. The molecule has 2 heterocycles. The second kappa shape index (κ2) is 6.55. The van der Waals surface area contributed by atoms with Gasteiger partial charge in [-0.05, 0) is 27.2 Å². The Bertz CT molecular complexity index is 563. The molecule has 0 aromatic heterocycles. The number of nitrogens with zero attached hydrogens (tertiary/aromatic N) is 1. The monoisotopic (exact) mass is 341 g/mol. The average Bonchev–Trinajstić information content (AvgIpc) is 2.42. The lowest BCUT2D eigenvalue weighted by Crippen LogP contribution is -2.61. The number of esters is 2. The van der Waals surface area contributed by atoms with E-state index in [2.05, 4.69) is 0 Å². The van der Waals surface area contributed by atoms with Crippen LogP contribution in [0.4, 0.5) is 0 Å². The summed E-state index contributed by atoms with van der Waals surface area (Å²) < 4.78 is 10.5. The van der Waals surface area contributed by atoms with Gasteiger partial charge in [-0.15, -0.1) is 11.8 Å². The number of carbonyl (C=O) groups is 3. The highest BCUT2D eigenvalue weighted by atomic mass is 32.2. The van der Waals surface area contributed by atoms with Crippen LogP contribution in [0.15, 0.2) is 11.3 Å². The molecule has 0 aromatic rings. The summed E-state index contributed by atoms with van der Waals surface area (Å²) in [5.41, 5.74) is 0.215. The molecule has 0 aromatic carbocycles. The molecule has 0 bridgehead atoms. The molecule has 1 amide bonds. The van der Waals surface area contributed by atoms with Crippen molar-refractivity contribution >= 4 is 29.6 Å². The molecule has 0 N–H and O–H groups in total. The van der Waals surface area contributed by atoms with Gasteiger partial charge in [0.25, 0.3) is 0 Å². The maximum Gasteiger partial charge on any atom is 0.355 e. The molecular formula is C16H23NO5S. The molecule has 2 atom stereocenters. The molecule has 0 spiro atoms. The van der Waals surface area contributed by atoms with Crippen LogP contribution in [0.1, 0.15) is 41.0 Å². The van der Waals surface area contributed by atoms with Crippen molar-refractivity contribution in [2.75, 3.05) is 12.4 Å². The molecule has 1 saturated heterocycles. The van der Waals surface area contributed by atoms with Crippen LogP contribution in [0, 0.1) is 5.92 Å². The Labute approximate surface area is 140 Å². The van der Waals surface area contributed by atoms with Gasteiger partial charge in [0.05, 0.1) is 11.3 Å². The zero-order valence-corrected chi connectivity index (χ0v) is 15.0. The summed E-state index contributed by atoms with van der Waals surface area (Å²) in [6, 6.07) is 0.